The van der Waals surface area contributed by atoms with Crippen LogP contribution in [-0.2, 0) is 12.2 Å². The van der Waals surface area contributed by atoms with E-state index in [1.807, 2.05) is 11.8 Å². The summed E-state index contributed by atoms with van der Waals surface area (Å²) >= 11 is 13.6. The van der Waals surface area contributed by atoms with Crippen LogP contribution in [0.2, 0.25) is 0 Å². The summed E-state index contributed by atoms with van der Waals surface area (Å²) in [4.78, 5) is 2.52. The topological polar surface area (TPSA) is 9.23 Å². The lowest BCUT2D eigenvalue weighted by Gasteiger charge is -2.13. The summed E-state index contributed by atoms with van der Waals surface area (Å²) in [5, 5.41) is -0.322. The van der Waals surface area contributed by atoms with Crippen LogP contribution in [0.15, 0.2) is 22.7 Å². The van der Waals surface area contributed by atoms with Crippen LogP contribution in [0.5, 0.6) is 5.75 Å². The third kappa shape index (κ3) is 3.11. The maximum atomic E-state index is 13.6. The molecule has 2 aromatic rings. The molecular formula is C15H13BrClFOS2. The molecule has 1 aliphatic rings. The minimum atomic E-state index is -0.346. The fourth-order valence-electron chi connectivity index (χ4n) is 2.37. The summed E-state index contributed by atoms with van der Waals surface area (Å²) in [5.41, 5.74) is 2.18. The summed E-state index contributed by atoms with van der Waals surface area (Å²) in [6.45, 7) is 0. The largest absolute Gasteiger partial charge is 0.496 e. The van der Waals surface area contributed by atoms with Crippen LogP contribution >= 0.6 is 50.6 Å². The van der Waals surface area contributed by atoms with E-state index in [0.717, 1.165) is 22.6 Å². The first-order valence-electron chi connectivity index (χ1n) is 6.46. The second kappa shape index (κ2) is 6.49. The monoisotopic (exact) mass is 406 g/mol. The van der Waals surface area contributed by atoms with Crippen molar-refractivity contribution in [3.63, 3.8) is 0 Å². The third-order valence-corrected chi connectivity index (χ3v) is 6.96. The highest BCUT2D eigenvalue weighted by Gasteiger charge is 2.22. The number of aryl methyl sites for hydroxylation is 1. The zero-order valence-corrected chi connectivity index (χ0v) is 15.3. The molecule has 1 unspecified atom stereocenters. The number of halogens is 3. The van der Waals surface area contributed by atoms with E-state index >= 15 is 0 Å². The SMILES string of the molecule is COc1cc(F)c(Br)cc1C(Cl)c1cc2c(s1)CCSC2. The van der Waals surface area contributed by atoms with Gasteiger partial charge in [-0.25, -0.2) is 4.39 Å². The molecular weight excluding hydrogens is 395 g/mol. The number of benzene rings is 1. The fourth-order valence-corrected chi connectivity index (χ4v) is 5.47. The van der Waals surface area contributed by atoms with Crippen molar-refractivity contribution in [2.75, 3.05) is 12.9 Å². The van der Waals surface area contributed by atoms with Crippen LogP contribution in [0.4, 0.5) is 4.39 Å². The molecule has 0 amide bonds. The van der Waals surface area contributed by atoms with Crippen LogP contribution in [0.1, 0.15) is 26.3 Å². The van der Waals surface area contributed by atoms with Crippen molar-refractivity contribution in [2.45, 2.75) is 17.6 Å². The Bertz CT molecular complexity index is 650. The zero-order valence-electron chi connectivity index (χ0n) is 11.3. The van der Waals surface area contributed by atoms with Gasteiger partial charge in [-0.2, -0.15) is 11.8 Å². The Morgan fingerprint density at radius 3 is 2.90 bits per heavy atom. The number of alkyl halides is 1. The Hall–Kier alpha value is -0.230. The second-order valence-electron chi connectivity index (χ2n) is 4.77. The summed E-state index contributed by atoms with van der Waals surface area (Å²) < 4.78 is 19.3. The maximum Gasteiger partial charge on any atom is 0.141 e. The summed E-state index contributed by atoms with van der Waals surface area (Å²) in [5.74, 6) is 2.36. The van der Waals surface area contributed by atoms with Crippen LogP contribution in [0.25, 0.3) is 0 Å². The smallest absolute Gasteiger partial charge is 0.141 e. The maximum absolute atomic E-state index is 13.6. The van der Waals surface area contributed by atoms with Gasteiger partial charge in [-0.1, -0.05) is 0 Å². The van der Waals surface area contributed by atoms with E-state index < -0.39 is 0 Å². The predicted octanol–water partition coefficient (Wildman–Crippen LogP) is 5.78. The van der Waals surface area contributed by atoms with Gasteiger partial charge in [-0.3, -0.25) is 0 Å². The van der Waals surface area contributed by atoms with Crippen molar-refractivity contribution in [1.82, 2.24) is 0 Å². The molecule has 112 valence electrons. The summed E-state index contributed by atoms with van der Waals surface area (Å²) in [6.07, 6.45) is 1.11. The first-order chi connectivity index (χ1) is 10.1. The number of hydrogen-bond acceptors (Lipinski definition) is 3. The quantitative estimate of drug-likeness (QED) is 0.597. The third-order valence-electron chi connectivity index (χ3n) is 3.44. The molecule has 1 atom stereocenters. The number of ether oxygens (including phenoxy) is 1. The highest BCUT2D eigenvalue weighted by Crippen LogP contribution is 2.43. The number of thiophene rings is 1. The molecule has 21 heavy (non-hydrogen) atoms. The molecule has 1 aromatic heterocycles. The minimum absolute atomic E-state index is 0.322. The fraction of sp³-hybridized carbons (Fsp3) is 0.333. The molecule has 0 bridgehead atoms. The summed E-state index contributed by atoms with van der Waals surface area (Å²) in [7, 11) is 1.53. The van der Waals surface area contributed by atoms with Crippen LogP contribution < -0.4 is 4.74 Å². The van der Waals surface area contributed by atoms with Gasteiger partial charge in [-0.15, -0.1) is 22.9 Å². The van der Waals surface area contributed by atoms with Crippen molar-refractivity contribution in [3.05, 3.63) is 49.4 Å². The van der Waals surface area contributed by atoms with E-state index in [2.05, 4.69) is 22.0 Å². The minimum Gasteiger partial charge on any atom is -0.496 e. The van der Waals surface area contributed by atoms with E-state index in [0.29, 0.717) is 10.2 Å². The normalized spacial score (nSPS) is 15.6. The molecule has 0 saturated heterocycles. The first kappa shape index (κ1) is 15.7. The lowest BCUT2D eigenvalue weighted by atomic mass is 10.1. The lowest BCUT2D eigenvalue weighted by Crippen LogP contribution is -1.97. The Balaban J connectivity index is 1.99. The Labute approximate surface area is 145 Å². The Morgan fingerprint density at radius 1 is 1.38 bits per heavy atom. The highest BCUT2D eigenvalue weighted by molar-refractivity contribution is 9.10. The molecule has 2 heterocycles. The molecule has 0 aliphatic carbocycles. The van der Waals surface area contributed by atoms with Crippen molar-refractivity contribution in [3.8, 4) is 5.75 Å². The zero-order chi connectivity index (χ0) is 15.0. The van der Waals surface area contributed by atoms with Crippen molar-refractivity contribution in [1.29, 1.82) is 0 Å². The Kier molecular flexibility index (Phi) is 4.84. The molecule has 0 saturated carbocycles. The molecule has 0 fully saturated rings. The molecule has 1 nitrogen and oxygen atoms in total. The molecule has 0 radical (unpaired) electrons. The van der Waals surface area contributed by atoms with Crippen LogP contribution in [0.3, 0.4) is 0 Å². The van der Waals surface area contributed by atoms with E-state index in [-0.39, 0.29) is 11.2 Å². The number of hydrogen-bond donors (Lipinski definition) is 0. The molecule has 3 rings (SSSR count). The van der Waals surface area contributed by atoms with Gasteiger partial charge < -0.3 is 4.74 Å². The van der Waals surface area contributed by atoms with Gasteiger partial charge in [0.1, 0.15) is 11.6 Å². The highest BCUT2D eigenvalue weighted by atomic mass is 79.9. The van der Waals surface area contributed by atoms with Gasteiger partial charge in [0.25, 0.3) is 0 Å². The molecule has 1 aliphatic heterocycles. The summed E-state index contributed by atoms with van der Waals surface area (Å²) in [6, 6.07) is 5.26. The van der Waals surface area contributed by atoms with Gasteiger partial charge in [0.2, 0.25) is 0 Å². The second-order valence-corrected chi connectivity index (χ2v) is 8.33. The molecule has 0 spiro atoms. The number of rotatable bonds is 3. The number of fused-ring (bicyclic) bond motifs is 1. The van der Waals surface area contributed by atoms with Crippen LogP contribution in [-0.4, -0.2) is 12.9 Å². The van der Waals surface area contributed by atoms with E-state index in [1.165, 1.54) is 29.4 Å². The van der Waals surface area contributed by atoms with E-state index in [9.17, 15) is 4.39 Å². The molecule has 1 aromatic carbocycles. The van der Waals surface area contributed by atoms with Gasteiger partial charge in [0.15, 0.2) is 0 Å². The van der Waals surface area contributed by atoms with E-state index in [4.69, 9.17) is 16.3 Å². The standard InChI is InChI=1S/C15H13BrClFOS2/c1-19-12-6-11(18)10(16)5-9(12)15(17)14-4-8-7-20-3-2-13(8)21-14/h4-6,15H,2-3,7H2,1H3. The number of methoxy groups -OCH3 is 1. The van der Waals surface area contributed by atoms with Gasteiger partial charge >= 0.3 is 0 Å². The average molecular weight is 408 g/mol. The van der Waals surface area contributed by atoms with Gasteiger partial charge in [0.05, 0.1) is 17.0 Å². The van der Waals surface area contributed by atoms with Gasteiger partial charge in [-0.05, 0) is 45.8 Å². The van der Waals surface area contributed by atoms with Crippen molar-refractivity contribution in [2.24, 2.45) is 0 Å². The molecule has 6 heteroatoms. The van der Waals surface area contributed by atoms with E-state index in [1.54, 1.807) is 17.4 Å². The predicted molar refractivity (Wildman–Crippen MR) is 92.5 cm³/mol. The number of thioether (sulfide) groups is 1. The first-order valence-corrected chi connectivity index (χ1v) is 9.66. The molecule has 0 N–H and O–H groups in total. The Morgan fingerprint density at radius 2 is 2.19 bits per heavy atom. The van der Waals surface area contributed by atoms with Crippen molar-refractivity contribution >= 4 is 50.6 Å². The average Bonchev–Trinajstić information content (AvgIpc) is 2.92. The lowest BCUT2D eigenvalue weighted by molar-refractivity contribution is 0.406. The van der Waals surface area contributed by atoms with Gasteiger partial charge in [0, 0.05) is 27.1 Å². The van der Waals surface area contributed by atoms with Crippen LogP contribution in [0, 0.1) is 5.82 Å². The van der Waals surface area contributed by atoms with Crippen molar-refractivity contribution < 1.29 is 9.13 Å².